The van der Waals surface area contributed by atoms with Crippen LogP contribution in [0.1, 0.15) is 31.2 Å². The van der Waals surface area contributed by atoms with Crippen molar-refractivity contribution in [2.24, 2.45) is 0 Å². The van der Waals surface area contributed by atoms with Crippen LogP contribution in [-0.4, -0.2) is 23.2 Å². The fourth-order valence-corrected chi connectivity index (χ4v) is 2.55. The molecular weight excluding hydrogens is 250 g/mol. The molecule has 1 aliphatic rings. The molecular formula is C14H18ClNO2. The molecule has 2 rings (SSSR count). The second kappa shape index (κ2) is 6.21. The highest BCUT2D eigenvalue weighted by Crippen LogP contribution is 2.19. The molecule has 4 heteroatoms. The van der Waals surface area contributed by atoms with Crippen molar-refractivity contribution >= 4 is 17.5 Å². The number of rotatable bonds is 3. The zero-order chi connectivity index (χ0) is 13.0. The highest BCUT2D eigenvalue weighted by molar-refractivity contribution is 6.31. The number of nitrogens with one attached hydrogen (secondary N) is 1. The number of carbonyl (C=O) groups excluding carboxylic acids is 1. The Bertz CT molecular complexity index is 422. The fourth-order valence-electron chi connectivity index (χ4n) is 2.35. The third-order valence-corrected chi connectivity index (χ3v) is 3.75. The first kappa shape index (κ1) is 13.4. The molecule has 1 fully saturated rings. The zero-order valence-corrected chi connectivity index (χ0v) is 11.0. The Balaban J connectivity index is 1.90. The SMILES string of the molecule is O=C(Cc1ccccc1Cl)N[C@@H]1CCCC[C@H]1O. The van der Waals surface area contributed by atoms with Crippen molar-refractivity contribution in [2.75, 3.05) is 0 Å². The minimum Gasteiger partial charge on any atom is -0.391 e. The van der Waals surface area contributed by atoms with Gasteiger partial charge in [0, 0.05) is 5.02 Å². The van der Waals surface area contributed by atoms with E-state index in [1.54, 1.807) is 6.07 Å². The lowest BCUT2D eigenvalue weighted by Crippen LogP contribution is -2.45. The Morgan fingerprint density at radius 2 is 2.06 bits per heavy atom. The molecule has 0 unspecified atom stereocenters. The smallest absolute Gasteiger partial charge is 0.224 e. The molecule has 1 saturated carbocycles. The Kier molecular flexibility index (Phi) is 4.61. The van der Waals surface area contributed by atoms with E-state index in [9.17, 15) is 9.90 Å². The van der Waals surface area contributed by atoms with E-state index in [1.165, 1.54) is 0 Å². The summed E-state index contributed by atoms with van der Waals surface area (Å²) in [5.74, 6) is -0.0750. The number of benzene rings is 1. The Labute approximate surface area is 112 Å². The molecule has 98 valence electrons. The topological polar surface area (TPSA) is 49.3 Å². The van der Waals surface area contributed by atoms with Gasteiger partial charge >= 0.3 is 0 Å². The normalized spacial score (nSPS) is 23.7. The highest BCUT2D eigenvalue weighted by atomic mass is 35.5. The van der Waals surface area contributed by atoms with Crippen LogP contribution in [0.15, 0.2) is 24.3 Å². The van der Waals surface area contributed by atoms with Crippen LogP contribution in [-0.2, 0) is 11.2 Å². The van der Waals surface area contributed by atoms with Crippen molar-refractivity contribution in [3.63, 3.8) is 0 Å². The standard InChI is InChI=1S/C14H18ClNO2/c15-11-6-2-1-5-10(11)9-14(18)16-12-7-3-4-8-13(12)17/h1-2,5-6,12-13,17H,3-4,7-9H2,(H,16,18)/t12-,13-/m1/s1. The number of hydrogen-bond acceptors (Lipinski definition) is 2. The van der Waals surface area contributed by atoms with Crippen molar-refractivity contribution in [3.05, 3.63) is 34.9 Å². The van der Waals surface area contributed by atoms with Crippen molar-refractivity contribution in [1.82, 2.24) is 5.32 Å². The van der Waals surface area contributed by atoms with E-state index in [1.807, 2.05) is 18.2 Å². The lowest BCUT2D eigenvalue weighted by Gasteiger charge is -2.28. The van der Waals surface area contributed by atoms with Gasteiger partial charge in [-0.1, -0.05) is 42.6 Å². The summed E-state index contributed by atoms with van der Waals surface area (Å²) in [6, 6.07) is 7.23. The first-order valence-corrected chi connectivity index (χ1v) is 6.75. The number of halogens is 1. The van der Waals surface area contributed by atoms with Gasteiger partial charge in [0.2, 0.25) is 5.91 Å². The Hall–Kier alpha value is -1.06. The van der Waals surface area contributed by atoms with E-state index in [2.05, 4.69) is 5.32 Å². The molecule has 0 aliphatic heterocycles. The summed E-state index contributed by atoms with van der Waals surface area (Å²) in [7, 11) is 0. The number of hydrogen-bond donors (Lipinski definition) is 2. The summed E-state index contributed by atoms with van der Waals surface area (Å²) in [5.41, 5.74) is 0.821. The molecule has 0 spiro atoms. The summed E-state index contributed by atoms with van der Waals surface area (Å²) in [4.78, 5) is 11.9. The van der Waals surface area contributed by atoms with Crippen molar-refractivity contribution in [3.8, 4) is 0 Å². The third kappa shape index (κ3) is 3.47. The van der Waals surface area contributed by atoms with Gasteiger partial charge in [-0.25, -0.2) is 0 Å². The predicted molar refractivity (Wildman–Crippen MR) is 71.6 cm³/mol. The summed E-state index contributed by atoms with van der Waals surface area (Å²) >= 11 is 6.01. The molecule has 2 atom stereocenters. The average Bonchev–Trinajstić information content (AvgIpc) is 2.35. The van der Waals surface area contributed by atoms with Gasteiger partial charge in [-0.15, -0.1) is 0 Å². The minimum absolute atomic E-state index is 0.0750. The van der Waals surface area contributed by atoms with Gasteiger partial charge in [-0.05, 0) is 24.5 Å². The van der Waals surface area contributed by atoms with Gasteiger partial charge in [0.15, 0.2) is 0 Å². The van der Waals surface area contributed by atoms with Gasteiger partial charge in [0.05, 0.1) is 18.6 Å². The molecule has 3 nitrogen and oxygen atoms in total. The Morgan fingerprint density at radius 3 is 2.78 bits per heavy atom. The van der Waals surface area contributed by atoms with Gasteiger partial charge in [0.25, 0.3) is 0 Å². The lowest BCUT2D eigenvalue weighted by molar-refractivity contribution is -0.122. The number of amides is 1. The maximum atomic E-state index is 11.9. The molecule has 1 aliphatic carbocycles. The second-order valence-electron chi connectivity index (χ2n) is 4.79. The fraction of sp³-hybridized carbons (Fsp3) is 0.500. The first-order chi connectivity index (χ1) is 8.66. The lowest BCUT2D eigenvalue weighted by atomic mass is 9.92. The minimum atomic E-state index is -0.408. The van der Waals surface area contributed by atoms with E-state index in [0.717, 1.165) is 31.2 Å². The van der Waals surface area contributed by atoms with Gasteiger partial charge in [-0.3, -0.25) is 4.79 Å². The molecule has 0 heterocycles. The largest absolute Gasteiger partial charge is 0.391 e. The molecule has 18 heavy (non-hydrogen) atoms. The third-order valence-electron chi connectivity index (χ3n) is 3.38. The monoisotopic (exact) mass is 267 g/mol. The van der Waals surface area contributed by atoms with Crippen LogP contribution in [0.4, 0.5) is 0 Å². The summed E-state index contributed by atoms with van der Waals surface area (Å²) < 4.78 is 0. The van der Waals surface area contributed by atoms with Crippen molar-refractivity contribution < 1.29 is 9.90 Å². The first-order valence-electron chi connectivity index (χ1n) is 6.37. The maximum Gasteiger partial charge on any atom is 0.224 e. The molecule has 1 amide bonds. The van der Waals surface area contributed by atoms with E-state index >= 15 is 0 Å². The molecule has 0 radical (unpaired) electrons. The second-order valence-corrected chi connectivity index (χ2v) is 5.20. The van der Waals surface area contributed by atoms with Crippen molar-refractivity contribution in [2.45, 2.75) is 44.2 Å². The van der Waals surface area contributed by atoms with E-state index in [-0.39, 0.29) is 18.4 Å². The Morgan fingerprint density at radius 1 is 1.33 bits per heavy atom. The van der Waals surface area contributed by atoms with Crippen LogP contribution in [0.25, 0.3) is 0 Å². The number of carbonyl (C=O) groups is 1. The molecule has 1 aromatic rings. The van der Waals surface area contributed by atoms with Gasteiger partial charge in [0.1, 0.15) is 0 Å². The van der Waals surface area contributed by atoms with Gasteiger partial charge < -0.3 is 10.4 Å². The van der Waals surface area contributed by atoms with Crippen molar-refractivity contribution in [1.29, 1.82) is 0 Å². The molecule has 0 saturated heterocycles. The van der Waals surface area contributed by atoms with E-state index in [0.29, 0.717) is 5.02 Å². The summed E-state index contributed by atoms with van der Waals surface area (Å²) in [5, 5.41) is 13.3. The van der Waals surface area contributed by atoms with E-state index < -0.39 is 6.10 Å². The molecule has 0 aromatic heterocycles. The molecule has 1 aromatic carbocycles. The predicted octanol–water partition coefficient (Wildman–Crippen LogP) is 2.30. The average molecular weight is 268 g/mol. The van der Waals surface area contributed by atoms with Crippen LogP contribution < -0.4 is 5.32 Å². The van der Waals surface area contributed by atoms with Gasteiger partial charge in [-0.2, -0.15) is 0 Å². The zero-order valence-electron chi connectivity index (χ0n) is 10.2. The molecule has 2 N–H and O–H groups in total. The van der Waals surface area contributed by atoms with Crippen LogP contribution in [0.2, 0.25) is 5.02 Å². The number of aliphatic hydroxyl groups excluding tert-OH is 1. The quantitative estimate of drug-likeness (QED) is 0.883. The van der Waals surface area contributed by atoms with Crippen LogP contribution in [0.5, 0.6) is 0 Å². The van der Waals surface area contributed by atoms with Crippen LogP contribution in [0.3, 0.4) is 0 Å². The highest BCUT2D eigenvalue weighted by Gasteiger charge is 2.24. The molecule has 0 bridgehead atoms. The summed E-state index contributed by atoms with van der Waals surface area (Å²) in [6.45, 7) is 0. The maximum absolute atomic E-state index is 11.9. The number of aliphatic hydroxyl groups is 1. The van der Waals surface area contributed by atoms with E-state index in [4.69, 9.17) is 11.6 Å². The van der Waals surface area contributed by atoms with Crippen LogP contribution >= 0.6 is 11.6 Å². The van der Waals surface area contributed by atoms with Crippen LogP contribution in [0, 0.1) is 0 Å². The summed E-state index contributed by atoms with van der Waals surface area (Å²) in [6.07, 6.45) is 3.59.